The molecule has 86 valence electrons. The Hall–Kier alpha value is -0.880. The quantitative estimate of drug-likeness (QED) is 0.296. The fourth-order valence-electron chi connectivity index (χ4n) is 1.35. The molecule has 1 rings (SSSR count). The van der Waals surface area contributed by atoms with Gasteiger partial charge in [0.2, 0.25) is 5.88 Å². The Bertz CT molecular complexity index is 387. The highest BCUT2D eigenvalue weighted by Crippen LogP contribution is 2.32. The van der Waals surface area contributed by atoms with Crippen LogP contribution in [0.4, 0.5) is 0 Å². The van der Waals surface area contributed by atoms with Gasteiger partial charge in [-0.25, -0.2) is 4.79 Å². The summed E-state index contributed by atoms with van der Waals surface area (Å²) in [6.45, 7) is 7.78. The molecule has 1 saturated heterocycles. The van der Waals surface area contributed by atoms with Crippen molar-refractivity contribution in [1.82, 2.24) is 0 Å². The van der Waals surface area contributed by atoms with Gasteiger partial charge in [-0.2, -0.15) is 12.3 Å². The molecule has 0 radical (unpaired) electrons. The van der Waals surface area contributed by atoms with Gasteiger partial charge in [0.05, 0.1) is 6.54 Å². The SMILES string of the molecule is C=C(C)C(=O)OCC[N+]1(CC)CS1(=O)=O. The van der Waals surface area contributed by atoms with E-state index in [0.717, 1.165) is 0 Å². The molecule has 0 aromatic carbocycles. The zero-order valence-corrected chi connectivity index (χ0v) is 9.84. The Balaban J connectivity index is 2.39. The lowest BCUT2D eigenvalue weighted by molar-refractivity contribution is -0.731. The average Bonchev–Trinajstić information content (AvgIpc) is 2.69. The maximum absolute atomic E-state index is 11.3. The van der Waals surface area contributed by atoms with Crippen LogP contribution in [0.5, 0.6) is 0 Å². The lowest BCUT2D eigenvalue weighted by atomic mass is 10.4. The normalized spacial score (nSPS) is 27.1. The van der Waals surface area contributed by atoms with Crippen molar-refractivity contribution < 1.29 is 21.8 Å². The number of ether oxygens (including phenoxy) is 1. The number of esters is 1. The summed E-state index contributed by atoms with van der Waals surface area (Å²) in [6, 6.07) is 0. The van der Waals surface area contributed by atoms with Crippen LogP contribution >= 0.6 is 0 Å². The van der Waals surface area contributed by atoms with Crippen molar-refractivity contribution in [3.05, 3.63) is 12.2 Å². The van der Waals surface area contributed by atoms with Crippen molar-refractivity contribution in [2.75, 3.05) is 25.6 Å². The summed E-state index contributed by atoms with van der Waals surface area (Å²) in [7, 11) is -2.96. The predicted molar refractivity (Wildman–Crippen MR) is 55.2 cm³/mol. The molecule has 15 heavy (non-hydrogen) atoms. The second kappa shape index (κ2) is 3.94. The largest absolute Gasteiger partial charge is 0.456 e. The van der Waals surface area contributed by atoms with Crippen molar-refractivity contribution >= 4 is 16.0 Å². The fourth-order valence-corrected chi connectivity index (χ4v) is 3.21. The molecule has 1 fully saturated rings. The number of carbonyl (C=O) groups excluding carboxylic acids is 1. The third-order valence-corrected chi connectivity index (χ3v) is 4.85. The van der Waals surface area contributed by atoms with Crippen molar-refractivity contribution in [2.45, 2.75) is 13.8 Å². The lowest BCUT2D eigenvalue weighted by Crippen LogP contribution is -2.31. The number of nitrogens with zero attached hydrogens (tertiary/aromatic N) is 1. The number of hydrogen-bond donors (Lipinski definition) is 0. The number of likely N-dealkylation sites (N-methyl/N-ethyl adjacent to an activating group) is 1. The monoisotopic (exact) mass is 234 g/mol. The summed E-state index contributed by atoms with van der Waals surface area (Å²) in [4.78, 5) is 11.0. The summed E-state index contributed by atoms with van der Waals surface area (Å²) in [6.07, 6.45) is 0. The number of quaternary nitrogens is 1. The molecule has 1 atom stereocenters. The number of sulfonamides is 1. The Kier molecular flexibility index (Phi) is 3.20. The first-order chi connectivity index (χ1) is 6.84. The van der Waals surface area contributed by atoms with Gasteiger partial charge in [-0.05, 0) is 13.8 Å². The molecule has 6 heteroatoms. The summed E-state index contributed by atoms with van der Waals surface area (Å²) in [5.74, 6) is -0.308. The van der Waals surface area contributed by atoms with Gasteiger partial charge >= 0.3 is 16.0 Å². The van der Waals surface area contributed by atoms with Crippen molar-refractivity contribution in [3.63, 3.8) is 0 Å². The third-order valence-electron chi connectivity index (χ3n) is 2.57. The molecular formula is C9H16NO4S+. The zero-order chi connectivity index (χ0) is 11.7. The minimum atomic E-state index is -2.96. The molecule has 0 saturated carbocycles. The molecule has 0 bridgehead atoms. The number of rotatable bonds is 5. The summed E-state index contributed by atoms with van der Waals surface area (Å²) < 4.78 is 27.4. The first kappa shape index (κ1) is 12.2. The van der Waals surface area contributed by atoms with Crippen LogP contribution < -0.4 is 0 Å². The van der Waals surface area contributed by atoms with Gasteiger partial charge in [-0.15, -0.1) is 0 Å². The maximum atomic E-state index is 11.3. The van der Waals surface area contributed by atoms with Crippen LogP contribution in [-0.2, 0) is 19.6 Å². The molecule has 1 unspecified atom stereocenters. The van der Waals surface area contributed by atoms with Gasteiger partial charge in [-0.3, -0.25) is 0 Å². The Labute approximate surface area is 90.0 Å². The highest BCUT2D eigenvalue weighted by Gasteiger charge is 2.60. The van der Waals surface area contributed by atoms with Crippen molar-refractivity contribution in [1.29, 1.82) is 0 Å². The van der Waals surface area contributed by atoms with Gasteiger partial charge in [0, 0.05) is 5.57 Å². The molecule has 1 aliphatic heterocycles. The number of carbonyl (C=O) groups is 1. The second-order valence-electron chi connectivity index (χ2n) is 3.73. The van der Waals surface area contributed by atoms with E-state index in [1.807, 2.05) is 6.92 Å². The van der Waals surface area contributed by atoms with E-state index in [2.05, 4.69) is 6.58 Å². The minimum Gasteiger partial charge on any atom is -0.456 e. The summed E-state index contributed by atoms with van der Waals surface area (Å²) >= 11 is 0. The molecular weight excluding hydrogens is 218 g/mol. The number of hydrogen-bond acceptors (Lipinski definition) is 4. The molecule has 0 N–H and O–H groups in total. The average molecular weight is 234 g/mol. The first-order valence-electron chi connectivity index (χ1n) is 4.76. The van der Waals surface area contributed by atoms with Crippen LogP contribution in [-0.4, -0.2) is 43.8 Å². The molecule has 0 aromatic rings. The Morgan fingerprint density at radius 3 is 2.40 bits per heavy atom. The fraction of sp³-hybridized carbons (Fsp3) is 0.667. The van der Waals surface area contributed by atoms with Gasteiger partial charge in [0.15, 0.2) is 0 Å². The van der Waals surface area contributed by atoms with E-state index in [1.165, 1.54) is 0 Å². The van der Waals surface area contributed by atoms with Gasteiger partial charge in [0.25, 0.3) is 0 Å². The predicted octanol–water partition coefficient (Wildman–Crippen LogP) is 0.243. The Morgan fingerprint density at radius 1 is 1.53 bits per heavy atom. The molecule has 1 heterocycles. The lowest BCUT2D eigenvalue weighted by Gasteiger charge is -2.11. The summed E-state index contributed by atoms with van der Waals surface area (Å²) in [5, 5.41) is 0. The van der Waals surface area contributed by atoms with Crippen molar-refractivity contribution in [2.24, 2.45) is 0 Å². The topological polar surface area (TPSA) is 60.4 Å². The minimum absolute atomic E-state index is 0.0382. The van der Waals surface area contributed by atoms with Crippen LogP contribution in [0.25, 0.3) is 0 Å². The van der Waals surface area contributed by atoms with E-state index in [-0.39, 0.29) is 16.4 Å². The van der Waals surface area contributed by atoms with Gasteiger partial charge in [0.1, 0.15) is 13.2 Å². The van der Waals surface area contributed by atoms with Crippen LogP contribution in [0.1, 0.15) is 13.8 Å². The molecule has 5 nitrogen and oxygen atoms in total. The second-order valence-corrected chi connectivity index (χ2v) is 5.92. The van der Waals surface area contributed by atoms with Crippen LogP contribution in [0.3, 0.4) is 0 Å². The highest BCUT2D eigenvalue weighted by atomic mass is 32.2. The van der Waals surface area contributed by atoms with Crippen LogP contribution in [0, 0.1) is 0 Å². The molecule has 0 amide bonds. The van der Waals surface area contributed by atoms with E-state index >= 15 is 0 Å². The van der Waals surface area contributed by atoms with E-state index in [1.54, 1.807) is 6.92 Å². The van der Waals surface area contributed by atoms with Crippen molar-refractivity contribution in [3.8, 4) is 0 Å². The highest BCUT2D eigenvalue weighted by molar-refractivity contribution is 7.90. The molecule has 0 aliphatic carbocycles. The maximum Gasteiger partial charge on any atom is 0.350 e. The Morgan fingerprint density at radius 2 is 2.07 bits per heavy atom. The molecule has 0 spiro atoms. The standard InChI is InChI=1S/C9H16NO4S/c1-4-10(7-15(10,12)13)5-6-14-9(11)8(2)3/h2,4-7H2,1,3H3/q+1. The molecule has 1 aliphatic rings. The van der Waals surface area contributed by atoms with Crippen LogP contribution in [0.2, 0.25) is 0 Å². The van der Waals surface area contributed by atoms with Crippen LogP contribution in [0.15, 0.2) is 12.2 Å². The summed E-state index contributed by atoms with van der Waals surface area (Å²) in [5.41, 5.74) is 0.326. The zero-order valence-electron chi connectivity index (χ0n) is 9.02. The van der Waals surface area contributed by atoms with E-state index in [4.69, 9.17) is 4.74 Å². The van der Waals surface area contributed by atoms with E-state index in [0.29, 0.717) is 18.7 Å². The van der Waals surface area contributed by atoms with E-state index < -0.39 is 16.0 Å². The smallest absolute Gasteiger partial charge is 0.350 e. The molecule has 0 aromatic heterocycles. The third kappa shape index (κ3) is 2.38. The first-order valence-corrected chi connectivity index (χ1v) is 6.37. The van der Waals surface area contributed by atoms with Gasteiger partial charge < -0.3 is 4.74 Å². The van der Waals surface area contributed by atoms with E-state index in [9.17, 15) is 13.2 Å². The van der Waals surface area contributed by atoms with Gasteiger partial charge in [-0.1, -0.05) is 6.58 Å².